The smallest absolute Gasteiger partial charge is 0.227 e. The third-order valence-corrected chi connectivity index (χ3v) is 4.28. The highest BCUT2D eigenvalue weighted by molar-refractivity contribution is 5.83. The van der Waals surface area contributed by atoms with Gasteiger partial charge in [0.15, 0.2) is 0 Å². The average Bonchev–Trinajstić information content (AvgIpc) is 2.54. The Balaban J connectivity index is 1.81. The molecule has 0 unspecified atom stereocenters. The molecule has 1 aromatic rings. The number of carbonyl (C=O) groups is 2. The van der Waals surface area contributed by atoms with Crippen LogP contribution in [0.25, 0.3) is 0 Å². The van der Waals surface area contributed by atoms with Crippen molar-refractivity contribution in [3.05, 3.63) is 35.9 Å². The van der Waals surface area contributed by atoms with Gasteiger partial charge in [-0.15, -0.1) is 0 Å². The lowest BCUT2D eigenvalue weighted by Crippen LogP contribution is -2.48. The number of carbonyl (C=O) groups excluding carboxylic acids is 2. The molecular weight excluding hydrogens is 288 g/mol. The highest BCUT2D eigenvalue weighted by Crippen LogP contribution is 2.23. The van der Waals surface area contributed by atoms with E-state index in [4.69, 9.17) is 0 Å². The molecule has 1 heterocycles. The van der Waals surface area contributed by atoms with E-state index in [-0.39, 0.29) is 23.1 Å². The van der Waals surface area contributed by atoms with Gasteiger partial charge in [-0.3, -0.25) is 9.59 Å². The molecule has 1 N–H and O–H groups in total. The standard InChI is InChI=1S/C19H28N2O2/c1-19(2,3)18(23)21-13-7-10-16(14-21)17(22)20-12-11-15-8-5-4-6-9-15/h4-6,8-9,16H,7,10-14H2,1-3H3,(H,20,22)/t16-/m1/s1. The number of rotatable bonds is 4. The second-order valence-electron chi connectivity index (χ2n) is 7.37. The van der Waals surface area contributed by atoms with Crippen LogP contribution in [0.4, 0.5) is 0 Å². The Hall–Kier alpha value is -1.84. The van der Waals surface area contributed by atoms with E-state index in [1.165, 1.54) is 5.56 Å². The summed E-state index contributed by atoms with van der Waals surface area (Å²) in [5.74, 6) is 0.137. The maximum atomic E-state index is 12.4. The maximum absolute atomic E-state index is 12.4. The minimum absolute atomic E-state index is 0.0762. The number of nitrogens with zero attached hydrogens (tertiary/aromatic N) is 1. The summed E-state index contributed by atoms with van der Waals surface area (Å²) in [7, 11) is 0. The zero-order valence-electron chi connectivity index (χ0n) is 14.5. The van der Waals surface area contributed by atoms with E-state index in [2.05, 4.69) is 17.4 Å². The fourth-order valence-corrected chi connectivity index (χ4v) is 2.97. The van der Waals surface area contributed by atoms with Crippen molar-refractivity contribution >= 4 is 11.8 Å². The molecule has 126 valence electrons. The fraction of sp³-hybridized carbons (Fsp3) is 0.579. The summed E-state index contributed by atoms with van der Waals surface area (Å²) in [6.45, 7) is 7.75. The third kappa shape index (κ3) is 5.08. The largest absolute Gasteiger partial charge is 0.355 e. The second-order valence-corrected chi connectivity index (χ2v) is 7.37. The number of amides is 2. The van der Waals surface area contributed by atoms with Gasteiger partial charge in [0, 0.05) is 25.0 Å². The highest BCUT2D eigenvalue weighted by atomic mass is 16.2. The molecule has 1 atom stereocenters. The van der Waals surface area contributed by atoms with Crippen molar-refractivity contribution in [2.75, 3.05) is 19.6 Å². The molecule has 2 amide bonds. The van der Waals surface area contributed by atoms with Gasteiger partial charge in [-0.1, -0.05) is 51.1 Å². The quantitative estimate of drug-likeness (QED) is 0.928. The first kappa shape index (κ1) is 17.5. The van der Waals surface area contributed by atoms with Crippen LogP contribution in [0.2, 0.25) is 0 Å². The molecule has 23 heavy (non-hydrogen) atoms. The lowest BCUT2D eigenvalue weighted by Gasteiger charge is -2.35. The van der Waals surface area contributed by atoms with E-state index in [1.807, 2.05) is 43.9 Å². The molecule has 0 spiro atoms. The van der Waals surface area contributed by atoms with Crippen LogP contribution in [0.3, 0.4) is 0 Å². The summed E-state index contributed by atoms with van der Waals surface area (Å²) in [4.78, 5) is 26.6. The molecule has 1 saturated heterocycles. The van der Waals surface area contributed by atoms with Crippen molar-refractivity contribution in [2.24, 2.45) is 11.3 Å². The molecule has 4 nitrogen and oxygen atoms in total. The summed E-state index contributed by atoms with van der Waals surface area (Å²) in [6, 6.07) is 10.1. The zero-order chi connectivity index (χ0) is 16.9. The molecule has 0 radical (unpaired) electrons. The Morgan fingerprint density at radius 2 is 1.91 bits per heavy atom. The number of hydrogen-bond donors (Lipinski definition) is 1. The van der Waals surface area contributed by atoms with Crippen molar-refractivity contribution in [3.63, 3.8) is 0 Å². The molecule has 4 heteroatoms. The van der Waals surface area contributed by atoms with Crippen molar-refractivity contribution < 1.29 is 9.59 Å². The van der Waals surface area contributed by atoms with E-state index in [9.17, 15) is 9.59 Å². The van der Waals surface area contributed by atoms with Crippen LogP contribution in [-0.4, -0.2) is 36.3 Å². The topological polar surface area (TPSA) is 49.4 Å². The monoisotopic (exact) mass is 316 g/mol. The van der Waals surface area contributed by atoms with Gasteiger partial charge < -0.3 is 10.2 Å². The van der Waals surface area contributed by atoms with Gasteiger partial charge in [0.25, 0.3) is 0 Å². The van der Waals surface area contributed by atoms with Crippen molar-refractivity contribution in [2.45, 2.75) is 40.0 Å². The lowest BCUT2D eigenvalue weighted by molar-refractivity contribution is -0.142. The molecule has 0 bridgehead atoms. The van der Waals surface area contributed by atoms with Crippen LogP contribution in [0, 0.1) is 11.3 Å². The maximum Gasteiger partial charge on any atom is 0.227 e. The van der Waals surface area contributed by atoms with Crippen molar-refractivity contribution in [3.8, 4) is 0 Å². The fourth-order valence-electron chi connectivity index (χ4n) is 2.97. The van der Waals surface area contributed by atoms with Gasteiger partial charge in [0.2, 0.25) is 11.8 Å². The second kappa shape index (κ2) is 7.62. The van der Waals surface area contributed by atoms with Crippen LogP contribution in [0.15, 0.2) is 30.3 Å². The minimum Gasteiger partial charge on any atom is -0.355 e. The molecule has 1 aromatic carbocycles. The predicted octanol–water partition coefficient (Wildman–Crippen LogP) is 2.63. The SMILES string of the molecule is CC(C)(C)C(=O)N1CCC[C@@H](C(=O)NCCc2ccccc2)C1. The molecule has 1 aliphatic rings. The van der Waals surface area contributed by atoms with E-state index >= 15 is 0 Å². The summed E-state index contributed by atoms with van der Waals surface area (Å²) < 4.78 is 0. The first-order chi connectivity index (χ1) is 10.9. The van der Waals surface area contributed by atoms with Crippen LogP contribution < -0.4 is 5.32 Å². The Morgan fingerprint density at radius 3 is 2.57 bits per heavy atom. The molecule has 0 aliphatic carbocycles. The van der Waals surface area contributed by atoms with Gasteiger partial charge in [0.05, 0.1) is 5.92 Å². The van der Waals surface area contributed by atoms with Crippen LogP contribution in [0.5, 0.6) is 0 Å². The highest BCUT2D eigenvalue weighted by Gasteiger charge is 2.33. The Kier molecular flexibility index (Phi) is 5.80. The van der Waals surface area contributed by atoms with Gasteiger partial charge in [-0.05, 0) is 24.8 Å². The van der Waals surface area contributed by atoms with Gasteiger partial charge in [-0.25, -0.2) is 0 Å². The first-order valence-corrected chi connectivity index (χ1v) is 8.49. The molecule has 1 fully saturated rings. The Bertz CT molecular complexity index is 534. The van der Waals surface area contributed by atoms with Gasteiger partial charge >= 0.3 is 0 Å². The Labute approximate surface area is 139 Å². The van der Waals surface area contributed by atoms with Crippen LogP contribution in [-0.2, 0) is 16.0 Å². The minimum atomic E-state index is -0.383. The molecule has 0 saturated carbocycles. The van der Waals surface area contributed by atoms with Crippen molar-refractivity contribution in [1.29, 1.82) is 0 Å². The number of hydrogen-bond acceptors (Lipinski definition) is 2. The van der Waals surface area contributed by atoms with E-state index in [0.29, 0.717) is 13.1 Å². The van der Waals surface area contributed by atoms with Crippen molar-refractivity contribution in [1.82, 2.24) is 10.2 Å². The number of nitrogens with one attached hydrogen (secondary N) is 1. The number of benzene rings is 1. The van der Waals surface area contributed by atoms with E-state index in [1.54, 1.807) is 0 Å². The number of piperidine rings is 1. The number of likely N-dealkylation sites (tertiary alicyclic amines) is 1. The first-order valence-electron chi connectivity index (χ1n) is 8.49. The van der Waals surface area contributed by atoms with Gasteiger partial charge in [-0.2, -0.15) is 0 Å². The van der Waals surface area contributed by atoms with Crippen LogP contribution in [0.1, 0.15) is 39.2 Å². The summed E-state index contributed by atoms with van der Waals surface area (Å²) >= 11 is 0. The summed E-state index contributed by atoms with van der Waals surface area (Å²) in [6.07, 6.45) is 2.60. The summed E-state index contributed by atoms with van der Waals surface area (Å²) in [5, 5.41) is 3.02. The lowest BCUT2D eigenvalue weighted by atomic mass is 9.91. The van der Waals surface area contributed by atoms with E-state index in [0.717, 1.165) is 25.8 Å². The molecule has 0 aromatic heterocycles. The normalized spacial score (nSPS) is 18.6. The summed E-state index contributed by atoms with van der Waals surface area (Å²) in [5.41, 5.74) is 0.840. The average molecular weight is 316 g/mol. The zero-order valence-corrected chi connectivity index (χ0v) is 14.5. The third-order valence-electron chi connectivity index (χ3n) is 4.28. The molecular formula is C19H28N2O2. The van der Waals surface area contributed by atoms with Gasteiger partial charge in [0.1, 0.15) is 0 Å². The molecule has 2 rings (SSSR count). The molecule has 1 aliphatic heterocycles. The predicted molar refractivity (Wildman–Crippen MR) is 91.9 cm³/mol. The van der Waals surface area contributed by atoms with Crippen LogP contribution >= 0.6 is 0 Å². The van der Waals surface area contributed by atoms with E-state index < -0.39 is 0 Å². The Morgan fingerprint density at radius 1 is 1.22 bits per heavy atom.